The van der Waals surface area contributed by atoms with E-state index < -0.39 is 0 Å². The number of likely N-dealkylation sites (tertiary alicyclic amines) is 1. The zero-order valence-corrected chi connectivity index (χ0v) is 12.8. The van der Waals surface area contributed by atoms with Crippen LogP contribution in [0.2, 0.25) is 0 Å². The van der Waals surface area contributed by atoms with Crippen LogP contribution in [0.4, 0.5) is 0 Å². The van der Waals surface area contributed by atoms with E-state index in [-0.39, 0.29) is 17.2 Å². The lowest BCUT2D eigenvalue weighted by Crippen LogP contribution is -2.46. The highest BCUT2D eigenvalue weighted by Gasteiger charge is 2.38. The monoisotopic (exact) mass is 284 g/mol. The molecule has 2 rings (SSSR count). The molecule has 1 saturated carbocycles. The quantitative estimate of drug-likeness (QED) is 0.719. The van der Waals surface area contributed by atoms with Crippen LogP contribution in [-0.2, 0) is 14.3 Å². The zero-order chi connectivity index (χ0) is 14.4. The summed E-state index contributed by atoms with van der Waals surface area (Å²) in [6, 6.07) is 0. The molecule has 5 nitrogen and oxygen atoms in total. The number of ether oxygens (including phenoxy) is 2. The van der Waals surface area contributed by atoms with E-state index in [1.54, 1.807) is 14.2 Å². The second-order valence-electron chi connectivity index (χ2n) is 6.28. The minimum absolute atomic E-state index is 0.145. The standard InChI is InChI=1S/C15H28N2O3/c1-19-9-8-17-7-4-13(10-17)14(18)16-11-15(12-20-2)5-3-6-15/h13H,3-12H2,1-2H3,(H,16,18). The smallest absolute Gasteiger partial charge is 0.224 e. The first-order chi connectivity index (χ1) is 9.69. The minimum Gasteiger partial charge on any atom is -0.384 e. The molecule has 0 spiro atoms. The topological polar surface area (TPSA) is 50.8 Å². The normalized spacial score (nSPS) is 25.4. The number of methoxy groups -OCH3 is 2. The SMILES string of the molecule is COCCN1CCC(C(=O)NCC2(COC)CCC2)C1. The van der Waals surface area contributed by atoms with Gasteiger partial charge in [0, 0.05) is 39.3 Å². The van der Waals surface area contributed by atoms with Crippen molar-refractivity contribution in [3.05, 3.63) is 0 Å². The zero-order valence-electron chi connectivity index (χ0n) is 12.8. The molecule has 1 aliphatic carbocycles. The van der Waals surface area contributed by atoms with Gasteiger partial charge in [-0.15, -0.1) is 0 Å². The molecule has 116 valence electrons. The fraction of sp³-hybridized carbons (Fsp3) is 0.933. The molecule has 1 atom stereocenters. The molecular weight excluding hydrogens is 256 g/mol. The molecule has 1 unspecified atom stereocenters. The predicted molar refractivity (Wildman–Crippen MR) is 77.6 cm³/mol. The molecule has 0 aromatic heterocycles. The highest BCUT2D eigenvalue weighted by atomic mass is 16.5. The fourth-order valence-electron chi connectivity index (χ4n) is 3.24. The van der Waals surface area contributed by atoms with Crippen molar-refractivity contribution >= 4 is 5.91 Å². The lowest BCUT2D eigenvalue weighted by molar-refractivity contribution is -0.125. The van der Waals surface area contributed by atoms with Gasteiger partial charge in [-0.25, -0.2) is 0 Å². The third kappa shape index (κ3) is 3.93. The first-order valence-electron chi connectivity index (χ1n) is 7.67. The summed E-state index contributed by atoms with van der Waals surface area (Å²) in [5.74, 6) is 0.360. The van der Waals surface area contributed by atoms with Crippen LogP contribution in [0.3, 0.4) is 0 Å². The summed E-state index contributed by atoms with van der Waals surface area (Å²) in [6.45, 7) is 5.07. The van der Waals surface area contributed by atoms with E-state index in [9.17, 15) is 4.79 Å². The van der Waals surface area contributed by atoms with E-state index in [1.807, 2.05) is 0 Å². The summed E-state index contributed by atoms with van der Waals surface area (Å²) in [7, 11) is 3.46. The Morgan fingerprint density at radius 1 is 1.35 bits per heavy atom. The Morgan fingerprint density at radius 3 is 2.75 bits per heavy atom. The van der Waals surface area contributed by atoms with E-state index >= 15 is 0 Å². The summed E-state index contributed by atoms with van der Waals surface area (Å²) in [6.07, 6.45) is 4.57. The summed E-state index contributed by atoms with van der Waals surface area (Å²) in [5, 5.41) is 3.15. The van der Waals surface area contributed by atoms with Crippen LogP contribution < -0.4 is 5.32 Å². The number of nitrogens with zero attached hydrogens (tertiary/aromatic N) is 1. The number of hydrogen-bond donors (Lipinski definition) is 1. The molecular formula is C15H28N2O3. The molecule has 0 aromatic carbocycles. The molecule has 1 heterocycles. The van der Waals surface area contributed by atoms with Crippen LogP contribution in [0.1, 0.15) is 25.7 Å². The van der Waals surface area contributed by atoms with Crippen LogP contribution in [0.5, 0.6) is 0 Å². The Labute approximate surface area is 122 Å². The van der Waals surface area contributed by atoms with Gasteiger partial charge in [-0.3, -0.25) is 4.79 Å². The molecule has 5 heteroatoms. The van der Waals surface area contributed by atoms with Gasteiger partial charge in [0.25, 0.3) is 0 Å². The van der Waals surface area contributed by atoms with Gasteiger partial charge in [-0.2, -0.15) is 0 Å². The first kappa shape index (κ1) is 15.7. The van der Waals surface area contributed by atoms with Crippen LogP contribution in [0.25, 0.3) is 0 Å². The van der Waals surface area contributed by atoms with Crippen molar-refractivity contribution in [2.24, 2.45) is 11.3 Å². The van der Waals surface area contributed by atoms with E-state index in [2.05, 4.69) is 10.2 Å². The third-order valence-corrected chi connectivity index (χ3v) is 4.76. The number of rotatable bonds is 8. The third-order valence-electron chi connectivity index (χ3n) is 4.76. The van der Waals surface area contributed by atoms with Gasteiger partial charge in [0.15, 0.2) is 0 Å². The second kappa shape index (κ2) is 7.38. The number of carbonyl (C=O) groups excluding carboxylic acids is 1. The molecule has 2 fully saturated rings. The van der Waals surface area contributed by atoms with E-state index in [4.69, 9.17) is 9.47 Å². The highest BCUT2D eigenvalue weighted by molar-refractivity contribution is 5.79. The van der Waals surface area contributed by atoms with Crippen LogP contribution in [0, 0.1) is 11.3 Å². The van der Waals surface area contributed by atoms with Gasteiger partial charge in [0.05, 0.1) is 19.1 Å². The van der Waals surface area contributed by atoms with Crippen molar-refractivity contribution in [1.29, 1.82) is 0 Å². The van der Waals surface area contributed by atoms with Crippen LogP contribution in [0.15, 0.2) is 0 Å². The Balaban J connectivity index is 1.70. The number of carbonyl (C=O) groups is 1. The number of nitrogens with one attached hydrogen (secondary N) is 1. The highest BCUT2D eigenvalue weighted by Crippen LogP contribution is 2.40. The molecule has 1 N–H and O–H groups in total. The van der Waals surface area contributed by atoms with Gasteiger partial charge in [0.2, 0.25) is 5.91 Å². The summed E-state index contributed by atoms with van der Waals surface area (Å²) in [4.78, 5) is 14.6. The van der Waals surface area contributed by atoms with Gasteiger partial charge < -0.3 is 19.7 Å². The molecule has 20 heavy (non-hydrogen) atoms. The van der Waals surface area contributed by atoms with Crippen molar-refractivity contribution in [3.63, 3.8) is 0 Å². The molecule has 1 saturated heterocycles. The van der Waals surface area contributed by atoms with Crippen molar-refractivity contribution in [2.75, 3.05) is 53.6 Å². The van der Waals surface area contributed by atoms with E-state index in [1.165, 1.54) is 19.3 Å². The maximum Gasteiger partial charge on any atom is 0.224 e. The molecule has 1 amide bonds. The second-order valence-corrected chi connectivity index (χ2v) is 6.28. The maximum atomic E-state index is 12.2. The Kier molecular flexibility index (Phi) is 5.81. The fourth-order valence-corrected chi connectivity index (χ4v) is 3.24. The number of hydrogen-bond acceptors (Lipinski definition) is 4. The largest absolute Gasteiger partial charge is 0.384 e. The lowest BCUT2D eigenvalue weighted by Gasteiger charge is -2.41. The minimum atomic E-state index is 0.145. The van der Waals surface area contributed by atoms with Crippen molar-refractivity contribution in [3.8, 4) is 0 Å². The van der Waals surface area contributed by atoms with Gasteiger partial charge >= 0.3 is 0 Å². The van der Waals surface area contributed by atoms with Crippen molar-refractivity contribution < 1.29 is 14.3 Å². The summed E-state index contributed by atoms with van der Waals surface area (Å²) < 4.78 is 10.4. The number of amides is 1. The van der Waals surface area contributed by atoms with Crippen LogP contribution in [-0.4, -0.2) is 64.4 Å². The predicted octanol–water partition coefficient (Wildman–Crippen LogP) is 0.888. The van der Waals surface area contributed by atoms with E-state index in [0.717, 1.165) is 45.8 Å². The molecule has 0 radical (unpaired) electrons. The Bertz CT molecular complexity index is 318. The summed E-state index contributed by atoms with van der Waals surface area (Å²) >= 11 is 0. The van der Waals surface area contributed by atoms with Gasteiger partial charge in [-0.05, 0) is 25.8 Å². The Hall–Kier alpha value is -0.650. The van der Waals surface area contributed by atoms with Crippen LogP contribution >= 0.6 is 0 Å². The summed E-state index contributed by atoms with van der Waals surface area (Å²) in [5.41, 5.74) is 0.207. The molecule has 0 aromatic rings. The molecule has 2 aliphatic rings. The van der Waals surface area contributed by atoms with Crippen molar-refractivity contribution in [1.82, 2.24) is 10.2 Å². The average molecular weight is 284 g/mol. The van der Waals surface area contributed by atoms with Gasteiger partial charge in [0.1, 0.15) is 0 Å². The van der Waals surface area contributed by atoms with E-state index in [0.29, 0.717) is 0 Å². The van der Waals surface area contributed by atoms with Gasteiger partial charge in [-0.1, -0.05) is 6.42 Å². The molecule has 1 aliphatic heterocycles. The lowest BCUT2D eigenvalue weighted by atomic mass is 9.69. The average Bonchev–Trinajstić information content (AvgIpc) is 2.87. The maximum absolute atomic E-state index is 12.2. The molecule has 0 bridgehead atoms. The first-order valence-corrected chi connectivity index (χ1v) is 7.67. The Morgan fingerprint density at radius 2 is 2.15 bits per heavy atom. The van der Waals surface area contributed by atoms with Crippen molar-refractivity contribution in [2.45, 2.75) is 25.7 Å².